The van der Waals surface area contributed by atoms with Crippen LogP contribution in [0.15, 0.2) is 0 Å². The van der Waals surface area contributed by atoms with E-state index in [0.717, 1.165) is 17.3 Å². The van der Waals surface area contributed by atoms with Crippen LogP contribution in [0.25, 0.3) is 0 Å². The van der Waals surface area contributed by atoms with Crippen molar-refractivity contribution in [1.29, 1.82) is 0 Å². The molecule has 0 aromatic heterocycles. The summed E-state index contributed by atoms with van der Waals surface area (Å²) in [5.41, 5.74) is 0.762. The largest absolute Gasteiger partial charge is 0.0625 e. The average molecular weight is 152 g/mol. The maximum atomic E-state index is 2.53. The van der Waals surface area contributed by atoms with Crippen molar-refractivity contribution in [1.82, 2.24) is 0 Å². The van der Waals surface area contributed by atoms with Gasteiger partial charge in [0.25, 0.3) is 0 Å². The number of rotatable bonds is 0. The first-order chi connectivity index (χ1) is 5.21. The van der Waals surface area contributed by atoms with Gasteiger partial charge in [0.05, 0.1) is 0 Å². The molecule has 0 bridgehead atoms. The third-order valence-corrected chi connectivity index (χ3v) is 4.11. The fourth-order valence-electron chi connectivity index (χ4n) is 3.45. The van der Waals surface area contributed by atoms with Gasteiger partial charge < -0.3 is 0 Å². The summed E-state index contributed by atoms with van der Waals surface area (Å²) in [7, 11) is 0. The number of hydrogen-bond acceptors (Lipinski definition) is 0. The number of fused-ring (bicyclic) bond motifs is 1. The SMILES string of the molecule is CC1CCC2CCC[C@@]2(C)C1. The van der Waals surface area contributed by atoms with E-state index in [0.29, 0.717) is 0 Å². The van der Waals surface area contributed by atoms with Gasteiger partial charge in [-0.05, 0) is 42.9 Å². The van der Waals surface area contributed by atoms with Gasteiger partial charge in [-0.15, -0.1) is 0 Å². The number of hydrogen-bond donors (Lipinski definition) is 0. The van der Waals surface area contributed by atoms with Gasteiger partial charge in [-0.25, -0.2) is 0 Å². The highest BCUT2D eigenvalue weighted by Crippen LogP contribution is 2.53. The van der Waals surface area contributed by atoms with Crippen LogP contribution in [0.3, 0.4) is 0 Å². The minimum Gasteiger partial charge on any atom is -0.0625 e. The van der Waals surface area contributed by atoms with Crippen LogP contribution in [-0.2, 0) is 0 Å². The van der Waals surface area contributed by atoms with Gasteiger partial charge in [-0.2, -0.15) is 0 Å². The van der Waals surface area contributed by atoms with E-state index in [1.165, 1.54) is 38.5 Å². The molecular formula is C11H20. The first kappa shape index (κ1) is 7.64. The lowest BCUT2D eigenvalue weighted by molar-refractivity contribution is 0.114. The van der Waals surface area contributed by atoms with Gasteiger partial charge in [-0.1, -0.05) is 26.7 Å². The van der Waals surface area contributed by atoms with E-state index >= 15 is 0 Å². The molecule has 0 nitrogen and oxygen atoms in total. The molecule has 0 amide bonds. The molecule has 11 heavy (non-hydrogen) atoms. The van der Waals surface area contributed by atoms with E-state index in [-0.39, 0.29) is 0 Å². The minimum atomic E-state index is 0.762. The summed E-state index contributed by atoms with van der Waals surface area (Å²) in [6.45, 7) is 4.96. The second-order valence-electron chi connectivity index (χ2n) is 5.13. The van der Waals surface area contributed by atoms with Crippen LogP contribution in [0, 0.1) is 17.3 Å². The monoisotopic (exact) mass is 152 g/mol. The first-order valence-electron chi connectivity index (χ1n) is 5.21. The Morgan fingerprint density at radius 2 is 2.00 bits per heavy atom. The van der Waals surface area contributed by atoms with Crippen molar-refractivity contribution in [3.8, 4) is 0 Å². The zero-order valence-electron chi connectivity index (χ0n) is 7.90. The fraction of sp³-hybridized carbons (Fsp3) is 1.00. The summed E-state index contributed by atoms with van der Waals surface area (Å²) in [5.74, 6) is 2.10. The molecule has 64 valence electrons. The lowest BCUT2D eigenvalue weighted by atomic mass is 9.66. The van der Waals surface area contributed by atoms with Gasteiger partial charge in [0.1, 0.15) is 0 Å². The van der Waals surface area contributed by atoms with Crippen LogP contribution in [0.2, 0.25) is 0 Å². The second-order valence-corrected chi connectivity index (χ2v) is 5.13. The summed E-state index contributed by atoms with van der Waals surface area (Å²) in [6.07, 6.45) is 9.09. The summed E-state index contributed by atoms with van der Waals surface area (Å²) in [4.78, 5) is 0. The average Bonchev–Trinajstić information content (AvgIpc) is 2.28. The van der Waals surface area contributed by atoms with Crippen LogP contribution in [0.5, 0.6) is 0 Å². The van der Waals surface area contributed by atoms with E-state index in [4.69, 9.17) is 0 Å². The Hall–Kier alpha value is 0. The van der Waals surface area contributed by atoms with Crippen molar-refractivity contribution in [2.75, 3.05) is 0 Å². The Morgan fingerprint density at radius 3 is 2.82 bits per heavy atom. The van der Waals surface area contributed by atoms with Crippen LogP contribution in [-0.4, -0.2) is 0 Å². The summed E-state index contributed by atoms with van der Waals surface area (Å²) < 4.78 is 0. The molecule has 3 atom stereocenters. The third kappa shape index (κ3) is 1.21. The Kier molecular flexibility index (Phi) is 1.74. The predicted octanol–water partition coefficient (Wildman–Crippen LogP) is 3.61. The highest BCUT2D eigenvalue weighted by atomic mass is 14.5. The smallest absolute Gasteiger partial charge is 0.0295 e. The summed E-state index contributed by atoms with van der Waals surface area (Å²) in [5, 5.41) is 0. The van der Waals surface area contributed by atoms with Gasteiger partial charge in [0, 0.05) is 0 Å². The van der Waals surface area contributed by atoms with Crippen LogP contribution in [0.1, 0.15) is 52.4 Å². The first-order valence-corrected chi connectivity index (χ1v) is 5.21. The van der Waals surface area contributed by atoms with Crippen molar-refractivity contribution in [3.63, 3.8) is 0 Å². The molecule has 2 unspecified atom stereocenters. The third-order valence-electron chi connectivity index (χ3n) is 4.11. The standard InChI is InChI=1S/C11H20/c1-9-5-6-10-4-3-7-11(10,2)8-9/h9-10H,3-8H2,1-2H3/t9?,10?,11-/m0/s1. The quantitative estimate of drug-likeness (QED) is 0.497. The van der Waals surface area contributed by atoms with Gasteiger partial charge in [0.15, 0.2) is 0 Å². The molecule has 2 aliphatic rings. The lowest BCUT2D eigenvalue weighted by Crippen LogP contribution is -2.29. The molecule has 2 aliphatic carbocycles. The molecule has 2 fully saturated rings. The van der Waals surface area contributed by atoms with Gasteiger partial charge in [-0.3, -0.25) is 0 Å². The molecule has 2 rings (SSSR count). The van der Waals surface area contributed by atoms with Crippen molar-refractivity contribution < 1.29 is 0 Å². The molecule has 2 saturated carbocycles. The van der Waals surface area contributed by atoms with Gasteiger partial charge in [0.2, 0.25) is 0 Å². The van der Waals surface area contributed by atoms with E-state index in [9.17, 15) is 0 Å². The van der Waals surface area contributed by atoms with E-state index in [1.54, 1.807) is 0 Å². The van der Waals surface area contributed by atoms with Crippen molar-refractivity contribution >= 4 is 0 Å². The normalized spacial score (nSPS) is 50.7. The van der Waals surface area contributed by atoms with Crippen LogP contribution < -0.4 is 0 Å². The Bertz CT molecular complexity index is 150. The Labute approximate surface area is 70.4 Å². The fourth-order valence-corrected chi connectivity index (χ4v) is 3.45. The molecular weight excluding hydrogens is 132 g/mol. The molecule has 0 heterocycles. The predicted molar refractivity (Wildman–Crippen MR) is 48.5 cm³/mol. The highest BCUT2D eigenvalue weighted by Gasteiger charge is 2.41. The van der Waals surface area contributed by atoms with E-state index < -0.39 is 0 Å². The summed E-state index contributed by atoms with van der Waals surface area (Å²) >= 11 is 0. The molecule has 0 radical (unpaired) electrons. The molecule has 0 aliphatic heterocycles. The minimum absolute atomic E-state index is 0.762. The maximum Gasteiger partial charge on any atom is -0.0295 e. The summed E-state index contributed by atoms with van der Waals surface area (Å²) in [6, 6.07) is 0. The molecule has 0 spiro atoms. The molecule has 0 N–H and O–H groups in total. The molecule has 0 saturated heterocycles. The zero-order valence-corrected chi connectivity index (χ0v) is 7.90. The topological polar surface area (TPSA) is 0 Å². The Balaban J connectivity index is 2.10. The maximum absolute atomic E-state index is 2.53. The molecule has 0 heteroatoms. The van der Waals surface area contributed by atoms with Crippen molar-refractivity contribution in [3.05, 3.63) is 0 Å². The highest BCUT2D eigenvalue weighted by molar-refractivity contribution is 4.92. The van der Waals surface area contributed by atoms with Crippen LogP contribution >= 0.6 is 0 Å². The zero-order chi connectivity index (χ0) is 7.90. The van der Waals surface area contributed by atoms with Crippen LogP contribution in [0.4, 0.5) is 0 Å². The second kappa shape index (κ2) is 2.50. The van der Waals surface area contributed by atoms with E-state index in [1.807, 2.05) is 0 Å². The molecule has 0 aromatic carbocycles. The van der Waals surface area contributed by atoms with E-state index in [2.05, 4.69) is 13.8 Å². The van der Waals surface area contributed by atoms with Gasteiger partial charge >= 0.3 is 0 Å². The Morgan fingerprint density at radius 1 is 1.18 bits per heavy atom. The van der Waals surface area contributed by atoms with Crippen molar-refractivity contribution in [2.45, 2.75) is 52.4 Å². The lowest BCUT2D eigenvalue weighted by Gasteiger charge is -2.39. The van der Waals surface area contributed by atoms with Crippen molar-refractivity contribution in [2.24, 2.45) is 17.3 Å². The molecule has 0 aromatic rings.